The monoisotopic (exact) mass is 570 g/mol. The maximum Gasteiger partial charge on any atom is 0.0981 e. The first kappa shape index (κ1) is 27.7. The van der Waals surface area contributed by atoms with E-state index >= 15 is 0 Å². The van der Waals surface area contributed by atoms with Crippen LogP contribution in [0.1, 0.15) is 26.2 Å². The lowest BCUT2D eigenvalue weighted by Gasteiger charge is -2.32. The average molecular weight is 571 g/mol. The first-order valence-electron chi connectivity index (χ1n) is 15.8. The highest BCUT2D eigenvalue weighted by Crippen LogP contribution is 2.44. The van der Waals surface area contributed by atoms with Gasteiger partial charge >= 0.3 is 0 Å². The molecule has 0 amide bonds. The van der Waals surface area contributed by atoms with Gasteiger partial charge in [0.15, 0.2) is 0 Å². The van der Waals surface area contributed by atoms with Crippen molar-refractivity contribution in [1.29, 1.82) is 0 Å². The summed E-state index contributed by atoms with van der Waals surface area (Å²) in [6.07, 6.45) is 10.0. The zero-order valence-electron chi connectivity index (χ0n) is 25.5. The van der Waals surface area contributed by atoms with Crippen molar-refractivity contribution in [1.82, 2.24) is 5.32 Å². The molecule has 216 valence electrons. The molecule has 44 heavy (non-hydrogen) atoms. The van der Waals surface area contributed by atoms with Crippen LogP contribution in [0.2, 0.25) is 0 Å². The Morgan fingerprint density at radius 3 is 1.57 bits per heavy atom. The van der Waals surface area contributed by atoms with Gasteiger partial charge in [0, 0.05) is 18.4 Å². The fourth-order valence-electron chi connectivity index (χ4n) is 6.66. The second-order valence-electron chi connectivity index (χ2n) is 11.7. The van der Waals surface area contributed by atoms with E-state index < -0.39 is 0 Å². The summed E-state index contributed by atoms with van der Waals surface area (Å²) in [5.41, 5.74) is 10.1. The smallest absolute Gasteiger partial charge is 0.0981 e. The van der Waals surface area contributed by atoms with E-state index in [4.69, 9.17) is 0 Å². The summed E-state index contributed by atoms with van der Waals surface area (Å²) in [7, 11) is 2.19. The number of nitrogens with zero attached hydrogens (tertiary/aromatic N) is 1. The minimum atomic E-state index is 0.243. The fourth-order valence-corrected chi connectivity index (χ4v) is 6.66. The second kappa shape index (κ2) is 12.3. The topological polar surface area (TPSA) is 15.3 Å². The van der Waals surface area contributed by atoms with Gasteiger partial charge in [-0.25, -0.2) is 0 Å². The van der Waals surface area contributed by atoms with Gasteiger partial charge in [-0.15, -0.1) is 0 Å². The van der Waals surface area contributed by atoms with Gasteiger partial charge < -0.3 is 10.2 Å². The van der Waals surface area contributed by atoms with Gasteiger partial charge in [-0.1, -0.05) is 134 Å². The van der Waals surface area contributed by atoms with E-state index in [1.807, 2.05) is 0 Å². The first-order valence-corrected chi connectivity index (χ1v) is 15.8. The van der Waals surface area contributed by atoms with E-state index in [0.29, 0.717) is 0 Å². The van der Waals surface area contributed by atoms with Crippen molar-refractivity contribution in [2.75, 3.05) is 11.9 Å². The molecule has 1 N–H and O–H groups in total. The van der Waals surface area contributed by atoms with Crippen LogP contribution < -0.4 is 10.2 Å². The zero-order valence-corrected chi connectivity index (χ0v) is 25.5. The standard InChI is InChI=1S/C42H38N2/c1-3-40(43-34-16-8-5-9-17-34)44(2)35-28-26-33(27-29-35)42-38-20-12-10-18-36(38)41(37-19-11-13-21-39(37)42)32-24-22-31(23-25-32)30-14-6-4-7-15-30/h4-8,10-16,18-29,40,43H,3,9,17H2,1-2H3. The molecule has 0 spiro atoms. The average Bonchev–Trinajstić information content (AvgIpc) is 3.10. The summed E-state index contributed by atoms with van der Waals surface area (Å²) in [5, 5.41) is 8.88. The van der Waals surface area contributed by atoms with Gasteiger partial charge in [-0.3, -0.25) is 0 Å². The number of rotatable bonds is 8. The molecule has 0 aromatic heterocycles. The number of hydrogen-bond donors (Lipinski definition) is 1. The van der Waals surface area contributed by atoms with E-state index in [9.17, 15) is 0 Å². The van der Waals surface area contributed by atoms with Crippen LogP contribution in [-0.4, -0.2) is 13.2 Å². The molecule has 0 saturated heterocycles. The molecule has 2 heteroatoms. The van der Waals surface area contributed by atoms with Crippen LogP contribution in [0, 0.1) is 0 Å². The van der Waals surface area contributed by atoms with E-state index in [1.54, 1.807) is 0 Å². The Kier molecular flexibility index (Phi) is 7.73. The van der Waals surface area contributed by atoms with E-state index in [2.05, 4.69) is 170 Å². The number of allylic oxidation sites excluding steroid dienone is 4. The van der Waals surface area contributed by atoms with Gasteiger partial charge in [0.25, 0.3) is 0 Å². The lowest BCUT2D eigenvalue weighted by molar-refractivity contribution is 0.527. The Hall–Kier alpha value is -5.08. The van der Waals surface area contributed by atoms with Crippen LogP contribution in [0.15, 0.2) is 151 Å². The SMILES string of the molecule is CCC(NC1=CC=CCC1)N(C)c1ccc(-c2c3ccccc3c(-c3ccc(-c4ccccc4)cc3)c3ccccc23)cc1. The van der Waals surface area contributed by atoms with Gasteiger partial charge in [-0.05, 0) is 92.4 Å². The molecule has 1 aliphatic rings. The predicted molar refractivity (Wildman–Crippen MR) is 190 cm³/mol. The van der Waals surface area contributed by atoms with Crippen molar-refractivity contribution in [3.8, 4) is 33.4 Å². The fraction of sp³-hybridized carbons (Fsp3) is 0.143. The molecule has 0 bridgehead atoms. The van der Waals surface area contributed by atoms with Crippen LogP contribution in [0.3, 0.4) is 0 Å². The quantitative estimate of drug-likeness (QED) is 0.145. The van der Waals surface area contributed by atoms with Crippen molar-refractivity contribution >= 4 is 27.2 Å². The molecule has 1 unspecified atom stereocenters. The molecule has 0 radical (unpaired) electrons. The minimum Gasteiger partial charge on any atom is -0.369 e. The molecule has 0 heterocycles. The Morgan fingerprint density at radius 1 is 0.591 bits per heavy atom. The summed E-state index contributed by atoms with van der Waals surface area (Å²) in [4.78, 5) is 2.36. The Bertz CT molecular complexity index is 1910. The first-order chi connectivity index (χ1) is 21.7. The number of fused-ring (bicyclic) bond motifs is 2. The third kappa shape index (κ3) is 5.29. The third-order valence-corrected chi connectivity index (χ3v) is 9.00. The van der Waals surface area contributed by atoms with Crippen LogP contribution >= 0.6 is 0 Å². The molecule has 6 aromatic carbocycles. The molecular formula is C42H38N2. The van der Waals surface area contributed by atoms with E-state index in [-0.39, 0.29) is 6.17 Å². The molecule has 7 rings (SSSR count). The largest absolute Gasteiger partial charge is 0.369 e. The zero-order chi connectivity index (χ0) is 29.9. The predicted octanol–water partition coefficient (Wildman–Crippen LogP) is 11.0. The summed E-state index contributed by atoms with van der Waals surface area (Å²) in [6, 6.07) is 46.6. The van der Waals surface area contributed by atoms with Gasteiger partial charge in [0.1, 0.15) is 0 Å². The Balaban J connectivity index is 1.29. The van der Waals surface area contributed by atoms with E-state index in [0.717, 1.165) is 19.3 Å². The van der Waals surface area contributed by atoms with Crippen molar-refractivity contribution in [2.45, 2.75) is 32.4 Å². The molecule has 6 aromatic rings. The highest BCUT2D eigenvalue weighted by molar-refractivity contribution is 6.21. The number of nitrogens with one attached hydrogen (secondary N) is 1. The normalized spacial score (nSPS) is 13.5. The van der Waals surface area contributed by atoms with Crippen LogP contribution in [0.4, 0.5) is 5.69 Å². The van der Waals surface area contributed by atoms with Gasteiger partial charge in [-0.2, -0.15) is 0 Å². The molecule has 0 fully saturated rings. The highest BCUT2D eigenvalue weighted by atomic mass is 15.3. The molecule has 2 nitrogen and oxygen atoms in total. The van der Waals surface area contributed by atoms with Crippen LogP contribution in [0.25, 0.3) is 54.9 Å². The number of hydrogen-bond acceptors (Lipinski definition) is 2. The lowest BCUT2D eigenvalue weighted by Crippen LogP contribution is -2.42. The molecule has 1 atom stereocenters. The number of anilines is 1. The number of benzene rings is 6. The van der Waals surface area contributed by atoms with Gasteiger partial charge in [0.05, 0.1) is 6.17 Å². The minimum absolute atomic E-state index is 0.243. The summed E-state index contributed by atoms with van der Waals surface area (Å²) < 4.78 is 0. The summed E-state index contributed by atoms with van der Waals surface area (Å²) in [5.74, 6) is 0. The maximum absolute atomic E-state index is 3.77. The Labute approximate surface area is 261 Å². The van der Waals surface area contributed by atoms with Crippen molar-refractivity contribution < 1.29 is 0 Å². The van der Waals surface area contributed by atoms with E-state index in [1.165, 1.54) is 66.3 Å². The molecular weight excluding hydrogens is 532 g/mol. The molecule has 0 saturated carbocycles. The Morgan fingerprint density at radius 2 is 1.07 bits per heavy atom. The van der Waals surface area contributed by atoms with Crippen molar-refractivity contribution in [3.63, 3.8) is 0 Å². The van der Waals surface area contributed by atoms with Crippen LogP contribution in [-0.2, 0) is 0 Å². The summed E-state index contributed by atoms with van der Waals surface area (Å²) >= 11 is 0. The highest BCUT2D eigenvalue weighted by Gasteiger charge is 2.18. The summed E-state index contributed by atoms with van der Waals surface area (Å²) in [6.45, 7) is 2.25. The second-order valence-corrected chi connectivity index (χ2v) is 11.7. The van der Waals surface area contributed by atoms with Crippen molar-refractivity contribution in [2.24, 2.45) is 0 Å². The molecule has 0 aliphatic heterocycles. The molecule has 1 aliphatic carbocycles. The van der Waals surface area contributed by atoms with Crippen LogP contribution in [0.5, 0.6) is 0 Å². The lowest BCUT2D eigenvalue weighted by atomic mass is 9.85. The van der Waals surface area contributed by atoms with Crippen molar-refractivity contribution in [3.05, 3.63) is 151 Å². The van der Waals surface area contributed by atoms with Gasteiger partial charge in [0.2, 0.25) is 0 Å². The third-order valence-electron chi connectivity index (χ3n) is 9.00. The maximum atomic E-state index is 3.77.